The van der Waals surface area contributed by atoms with Gasteiger partial charge in [-0.1, -0.05) is 25.4 Å². The summed E-state index contributed by atoms with van der Waals surface area (Å²) in [7, 11) is 0. The zero-order valence-electron chi connectivity index (χ0n) is 9.57. The first-order valence-corrected chi connectivity index (χ1v) is 5.51. The normalized spacial score (nSPS) is 13.5. The molecule has 0 aliphatic rings. The molecule has 0 unspecified atom stereocenters. The number of ether oxygens (including phenoxy) is 1. The van der Waals surface area contributed by atoms with E-state index in [0.29, 0.717) is 16.8 Å². The molecule has 0 amide bonds. The van der Waals surface area contributed by atoms with E-state index >= 15 is 0 Å². The van der Waals surface area contributed by atoms with E-state index in [2.05, 4.69) is 23.8 Å². The zero-order valence-corrected chi connectivity index (χ0v) is 10.3. The third kappa shape index (κ3) is 3.76. The second kappa shape index (κ2) is 5.42. The van der Waals surface area contributed by atoms with E-state index in [1.807, 2.05) is 13.8 Å². The summed E-state index contributed by atoms with van der Waals surface area (Å²) in [5.74, 6) is 1.04. The third-order valence-electron chi connectivity index (χ3n) is 1.92. The molecule has 0 saturated carbocycles. The highest BCUT2D eigenvalue weighted by Crippen LogP contribution is 2.24. The Balaban J connectivity index is 2.84. The first-order chi connectivity index (χ1) is 7.00. The summed E-state index contributed by atoms with van der Waals surface area (Å²) in [6.07, 6.45) is 3.30. The van der Waals surface area contributed by atoms with Gasteiger partial charge in [-0.25, -0.2) is 9.97 Å². The molecule has 1 heterocycles. The van der Waals surface area contributed by atoms with Gasteiger partial charge in [0.2, 0.25) is 0 Å². The van der Waals surface area contributed by atoms with Crippen molar-refractivity contribution >= 4 is 11.6 Å². The summed E-state index contributed by atoms with van der Waals surface area (Å²) in [5, 5.41) is 0.547. The van der Waals surface area contributed by atoms with E-state index in [4.69, 9.17) is 16.3 Å². The van der Waals surface area contributed by atoms with Gasteiger partial charge in [0.15, 0.2) is 5.82 Å². The van der Waals surface area contributed by atoms with Crippen LogP contribution in [0.5, 0.6) is 0 Å². The molecule has 0 radical (unpaired) electrons. The van der Waals surface area contributed by atoms with Crippen molar-refractivity contribution in [1.29, 1.82) is 0 Å². The lowest BCUT2D eigenvalue weighted by molar-refractivity contribution is -0.0250. The van der Waals surface area contributed by atoms with Crippen LogP contribution in [0.2, 0.25) is 5.02 Å². The fraction of sp³-hybridized carbons (Fsp3) is 0.636. The minimum atomic E-state index is -0.0673. The molecule has 3 nitrogen and oxygen atoms in total. The molecule has 0 saturated heterocycles. The summed E-state index contributed by atoms with van der Waals surface area (Å²) < 4.78 is 5.77. The Kier molecular flexibility index (Phi) is 4.48. The smallest absolute Gasteiger partial charge is 0.157 e. The van der Waals surface area contributed by atoms with E-state index < -0.39 is 0 Å². The van der Waals surface area contributed by atoms with Gasteiger partial charge >= 0.3 is 0 Å². The Labute approximate surface area is 95.8 Å². The molecule has 84 valence electrons. The Hall–Kier alpha value is -0.670. The molecule has 0 aliphatic heterocycles. The highest BCUT2D eigenvalue weighted by molar-refractivity contribution is 6.30. The summed E-state index contributed by atoms with van der Waals surface area (Å²) in [4.78, 5) is 8.37. The van der Waals surface area contributed by atoms with E-state index in [1.165, 1.54) is 0 Å². The highest BCUT2D eigenvalue weighted by Gasteiger charge is 2.20. The van der Waals surface area contributed by atoms with Gasteiger partial charge in [0, 0.05) is 12.4 Å². The first-order valence-electron chi connectivity index (χ1n) is 5.13. The summed E-state index contributed by atoms with van der Waals surface area (Å²) in [5.41, 5.74) is 0. The fourth-order valence-electron chi connectivity index (χ4n) is 1.28. The zero-order chi connectivity index (χ0) is 11.4. The minimum Gasteiger partial charge on any atom is -0.367 e. The average Bonchev–Trinajstić information content (AvgIpc) is 2.15. The van der Waals surface area contributed by atoms with Crippen molar-refractivity contribution in [2.45, 2.75) is 39.9 Å². The quantitative estimate of drug-likeness (QED) is 0.794. The fourth-order valence-corrected chi connectivity index (χ4v) is 1.38. The van der Waals surface area contributed by atoms with Crippen molar-refractivity contribution in [3.8, 4) is 0 Å². The summed E-state index contributed by atoms with van der Waals surface area (Å²) in [6, 6.07) is 0. The van der Waals surface area contributed by atoms with Crippen molar-refractivity contribution < 1.29 is 4.74 Å². The molecule has 1 aromatic heterocycles. The number of aromatic nitrogens is 2. The van der Waals surface area contributed by atoms with Gasteiger partial charge in [0.05, 0.1) is 11.1 Å². The lowest BCUT2D eigenvalue weighted by atomic mass is 10.1. The molecule has 1 rings (SSSR count). The van der Waals surface area contributed by atoms with Crippen molar-refractivity contribution in [1.82, 2.24) is 9.97 Å². The van der Waals surface area contributed by atoms with Crippen LogP contribution in [0.25, 0.3) is 0 Å². The molecular formula is C11H17ClN2O. The van der Waals surface area contributed by atoms with Crippen LogP contribution in [0.15, 0.2) is 12.4 Å². The molecule has 0 N–H and O–H groups in total. The molecule has 0 fully saturated rings. The molecule has 15 heavy (non-hydrogen) atoms. The Morgan fingerprint density at radius 1 is 1.13 bits per heavy atom. The second-order valence-corrected chi connectivity index (χ2v) is 4.55. The van der Waals surface area contributed by atoms with Gasteiger partial charge in [0.25, 0.3) is 0 Å². The van der Waals surface area contributed by atoms with Gasteiger partial charge in [-0.05, 0) is 19.8 Å². The van der Waals surface area contributed by atoms with E-state index in [-0.39, 0.29) is 12.2 Å². The number of nitrogens with zero attached hydrogens (tertiary/aromatic N) is 2. The lowest BCUT2D eigenvalue weighted by Gasteiger charge is -2.22. The largest absolute Gasteiger partial charge is 0.367 e. The molecule has 4 heteroatoms. The third-order valence-corrected chi connectivity index (χ3v) is 2.11. The summed E-state index contributed by atoms with van der Waals surface area (Å²) in [6.45, 7) is 8.19. The predicted molar refractivity (Wildman–Crippen MR) is 60.8 cm³/mol. The van der Waals surface area contributed by atoms with E-state index in [0.717, 1.165) is 0 Å². The maximum atomic E-state index is 5.77. The van der Waals surface area contributed by atoms with Crippen molar-refractivity contribution in [2.24, 2.45) is 5.92 Å². The van der Waals surface area contributed by atoms with Gasteiger partial charge in [-0.3, -0.25) is 0 Å². The Bertz CT molecular complexity index is 298. The molecular weight excluding hydrogens is 212 g/mol. The van der Waals surface area contributed by atoms with Crippen molar-refractivity contribution in [2.75, 3.05) is 0 Å². The van der Waals surface area contributed by atoms with Gasteiger partial charge in [-0.2, -0.15) is 0 Å². The van der Waals surface area contributed by atoms with Crippen LogP contribution in [-0.2, 0) is 4.74 Å². The van der Waals surface area contributed by atoms with Crippen LogP contribution in [0.1, 0.15) is 39.6 Å². The van der Waals surface area contributed by atoms with Crippen LogP contribution in [0, 0.1) is 5.92 Å². The summed E-state index contributed by atoms with van der Waals surface area (Å²) >= 11 is 5.74. The van der Waals surface area contributed by atoms with Crippen molar-refractivity contribution in [3.05, 3.63) is 23.2 Å². The predicted octanol–water partition coefficient (Wildman–Crippen LogP) is 3.25. The standard InChI is InChI=1S/C11H17ClN2O/c1-7(2)10(15-8(3)4)11-13-5-9(12)6-14-11/h5-8,10H,1-4H3/t10-/m1/s1. The van der Waals surface area contributed by atoms with Crippen LogP contribution in [0.4, 0.5) is 0 Å². The number of hydrogen-bond donors (Lipinski definition) is 0. The molecule has 0 aromatic carbocycles. The number of hydrogen-bond acceptors (Lipinski definition) is 3. The van der Waals surface area contributed by atoms with E-state index in [9.17, 15) is 0 Å². The highest BCUT2D eigenvalue weighted by atomic mass is 35.5. The number of rotatable bonds is 4. The van der Waals surface area contributed by atoms with Crippen LogP contribution in [0.3, 0.4) is 0 Å². The maximum Gasteiger partial charge on any atom is 0.157 e. The first kappa shape index (κ1) is 12.4. The van der Waals surface area contributed by atoms with Crippen LogP contribution in [-0.4, -0.2) is 16.1 Å². The molecule has 0 bridgehead atoms. The SMILES string of the molecule is CC(C)O[C@@H](c1ncc(Cl)cn1)C(C)C. The average molecular weight is 229 g/mol. The Morgan fingerprint density at radius 3 is 2.07 bits per heavy atom. The van der Waals surface area contributed by atoms with Crippen LogP contribution >= 0.6 is 11.6 Å². The second-order valence-electron chi connectivity index (χ2n) is 4.11. The van der Waals surface area contributed by atoms with Gasteiger partial charge < -0.3 is 4.74 Å². The van der Waals surface area contributed by atoms with E-state index in [1.54, 1.807) is 12.4 Å². The number of halogens is 1. The molecule has 0 aliphatic carbocycles. The Morgan fingerprint density at radius 2 is 1.67 bits per heavy atom. The molecule has 0 spiro atoms. The monoisotopic (exact) mass is 228 g/mol. The molecule has 1 aromatic rings. The van der Waals surface area contributed by atoms with Crippen LogP contribution < -0.4 is 0 Å². The van der Waals surface area contributed by atoms with Crippen molar-refractivity contribution in [3.63, 3.8) is 0 Å². The lowest BCUT2D eigenvalue weighted by Crippen LogP contribution is -2.18. The van der Waals surface area contributed by atoms with Gasteiger partial charge in [0.1, 0.15) is 6.10 Å². The minimum absolute atomic E-state index is 0.0673. The maximum absolute atomic E-state index is 5.77. The topological polar surface area (TPSA) is 35.0 Å². The van der Waals surface area contributed by atoms with Gasteiger partial charge in [-0.15, -0.1) is 0 Å². The molecule has 1 atom stereocenters.